The average molecular weight is 275 g/mol. The first kappa shape index (κ1) is 15.9. The second-order valence-electron chi connectivity index (χ2n) is 7.04. The predicted octanol–water partition coefficient (Wildman–Crippen LogP) is 2.68. The van der Waals surface area contributed by atoms with Crippen LogP contribution in [0.5, 0.6) is 0 Å². The molecule has 0 spiro atoms. The van der Waals surface area contributed by atoms with Crippen LogP contribution in [0.3, 0.4) is 0 Å². The van der Waals surface area contributed by atoms with Crippen LogP contribution in [0.1, 0.15) is 65.2 Å². The van der Waals surface area contributed by atoms with Crippen molar-refractivity contribution in [1.82, 2.24) is 4.90 Å². The second-order valence-corrected chi connectivity index (χ2v) is 7.04. The SMILES string of the molecule is [B]C1(N)CCCCCC2C(CCC(=NC)N2C(C)C)C1. The summed E-state index contributed by atoms with van der Waals surface area (Å²) in [5.74, 6) is 1.90. The van der Waals surface area contributed by atoms with Gasteiger partial charge in [-0.15, -0.1) is 0 Å². The van der Waals surface area contributed by atoms with Crippen LogP contribution in [0.25, 0.3) is 0 Å². The predicted molar refractivity (Wildman–Crippen MR) is 87.2 cm³/mol. The van der Waals surface area contributed by atoms with Crippen molar-refractivity contribution in [3.63, 3.8) is 0 Å². The van der Waals surface area contributed by atoms with Crippen LogP contribution >= 0.6 is 0 Å². The number of nitrogens with zero attached hydrogens (tertiary/aromatic N) is 2. The summed E-state index contributed by atoms with van der Waals surface area (Å²) in [4.78, 5) is 7.09. The number of hydrogen-bond donors (Lipinski definition) is 1. The number of piperidine rings is 1. The lowest BCUT2D eigenvalue weighted by molar-refractivity contribution is 0.133. The first-order valence-corrected chi connectivity index (χ1v) is 8.26. The van der Waals surface area contributed by atoms with Gasteiger partial charge in [-0.1, -0.05) is 19.3 Å². The fraction of sp³-hybridized carbons (Fsp3) is 0.938. The van der Waals surface area contributed by atoms with E-state index in [9.17, 15) is 0 Å². The Hall–Kier alpha value is -0.505. The van der Waals surface area contributed by atoms with E-state index in [4.69, 9.17) is 13.6 Å². The number of hydrogen-bond acceptors (Lipinski definition) is 2. The van der Waals surface area contributed by atoms with E-state index in [1.165, 1.54) is 37.9 Å². The Kier molecular flexibility index (Phi) is 5.17. The molecule has 2 aliphatic rings. The highest BCUT2D eigenvalue weighted by molar-refractivity contribution is 6.15. The van der Waals surface area contributed by atoms with Crippen molar-refractivity contribution in [2.24, 2.45) is 16.6 Å². The molecule has 1 aliphatic heterocycles. The van der Waals surface area contributed by atoms with E-state index >= 15 is 0 Å². The highest BCUT2D eigenvalue weighted by Gasteiger charge is 2.38. The Morgan fingerprint density at radius 2 is 2.05 bits per heavy atom. The third-order valence-electron chi connectivity index (χ3n) is 5.04. The smallest absolute Gasteiger partial charge is 0.0990 e. The zero-order chi connectivity index (χ0) is 14.8. The van der Waals surface area contributed by atoms with Crippen molar-refractivity contribution in [2.75, 3.05) is 7.05 Å². The molecule has 1 heterocycles. The Balaban J connectivity index is 2.24. The van der Waals surface area contributed by atoms with Crippen molar-refractivity contribution < 1.29 is 0 Å². The summed E-state index contributed by atoms with van der Waals surface area (Å²) in [6, 6.07) is 1.08. The fourth-order valence-electron chi connectivity index (χ4n) is 4.15. The summed E-state index contributed by atoms with van der Waals surface area (Å²) >= 11 is 0. The van der Waals surface area contributed by atoms with Gasteiger partial charge in [-0.05, 0) is 50.9 Å². The molecule has 2 fully saturated rings. The van der Waals surface area contributed by atoms with Crippen LogP contribution in [0.4, 0.5) is 0 Å². The lowest BCUT2D eigenvalue weighted by atomic mass is 9.67. The number of amidine groups is 1. The van der Waals surface area contributed by atoms with Gasteiger partial charge >= 0.3 is 0 Å². The van der Waals surface area contributed by atoms with Gasteiger partial charge in [0, 0.05) is 25.6 Å². The molecule has 0 aromatic rings. The molecule has 2 rings (SSSR count). The van der Waals surface area contributed by atoms with Crippen LogP contribution in [-0.2, 0) is 0 Å². The van der Waals surface area contributed by atoms with Gasteiger partial charge in [-0.25, -0.2) is 0 Å². The maximum absolute atomic E-state index is 6.34. The summed E-state index contributed by atoms with van der Waals surface area (Å²) in [5, 5.41) is 0. The van der Waals surface area contributed by atoms with Gasteiger partial charge in [0.05, 0.1) is 13.7 Å². The Morgan fingerprint density at radius 3 is 2.70 bits per heavy atom. The summed E-state index contributed by atoms with van der Waals surface area (Å²) in [7, 11) is 8.27. The normalized spacial score (nSPS) is 38.2. The topological polar surface area (TPSA) is 41.6 Å². The summed E-state index contributed by atoms with van der Waals surface area (Å²) < 4.78 is 0. The first-order valence-electron chi connectivity index (χ1n) is 8.26. The van der Waals surface area contributed by atoms with E-state index in [0.29, 0.717) is 18.0 Å². The fourth-order valence-corrected chi connectivity index (χ4v) is 4.15. The number of aliphatic imine (C=N–C) groups is 1. The lowest BCUT2D eigenvalue weighted by Gasteiger charge is -2.47. The van der Waals surface area contributed by atoms with Gasteiger partial charge in [0.25, 0.3) is 0 Å². The molecule has 2 radical (unpaired) electrons. The minimum absolute atomic E-state index is 0.475. The van der Waals surface area contributed by atoms with E-state index in [1.54, 1.807) is 0 Å². The van der Waals surface area contributed by atoms with Crippen LogP contribution in [0.2, 0.25) is 0 Å². The van der Waals surface area contributed by atoms with E-state index in [-0.39, 0.29) is 0 Å². The molecule has 1 saturated heterocycles. The number of fused-ring (bicyclic) bond motifs is 1. The molecule has 0 amide bonds. The van der Waals surface area contributed by atoms with E-state index in [2.05, 4.69) is 23.7 Å². The first-order chi connectivity index (χ1) is 9.44. The molecule has 0 bridgehead atoms. The molecule has 1 saturated carbocycles. The molecule has 0 aromatic carbocycles. The number of likely N-dealkylation sites (tertiary alicyclic amines) is 1. The Labute approximate surface area is 125 Å². The number of rotatable bonds is 1. The third kappa shape index (κ3) is 3.57. The zero-order valence-electron chi connectivity index (χ0n) is 13.4. The molecule has 0 aromatic heterocycles. The van der Waals surface area contributed by atoms with Crippen molar-refractivity contribution in [3.8, 4) is 0 Å². The lowest BCUT2D eigenvalue weighted by Crippen LogP contribution is -2.54. The molecular formula is C16H30BN3. The van der Waals surface area contributed by atoms with Gasteiger partial charge in [-0.3, -0.25) is 4.99 Å². The highest BCUT2D eigenvalue weighted by Crippen LogP contribution is 2.36. The van der Waals surface area contributed by atoms with Crippen molar-refractivity contribution in [1.29, 1.82) is 0 Å². The van der Waals surface area contributed by atoms with Crippen LogP contribution in [0, 0.1) is 5.92 Å². The molecule has 4 heteroatoms. The Morgan fingerprint density at radius 1 is 1.30 bits per heavy atom. The van der Waals surface area contributed by atoms with E-state index < -0.39 is 5.44 Å². The standard InChI is InChI=1S/C16H30BN3/c1-12(2)20-14-7-5-4-6-10-16(17,18)11-13(14)8-9-15(20)19-3/h12-14H,4-11,18H2,1-3H3. The molecule has 3 atom stereocenters. The minimum atomic E-state index is -0.475. The van der Waals surface area contributed by atoms with Crippen molar-refractivity contribution in [3.05, 3.63) is 0 Å². The van der Waals surface area contributed by atoms with E-state index in [1.807, 2.05) is 7.05 Å². The average Bonchev–Trinajstić information content (AvgIpc) is 2.44. The largest absolute Gasteiger partial charge is 0.355 e. The van der Waals surface area contributed by atoms with E-state index in [0.717, 1.165) is 19.3 Å². The zero-order valence-corrected chi connectivity index (χ0v) is 13.4. The molecule has 2 N–H and O–H groups in total. The van der Waals surface area contributed by atoms with Crippen LogP contribution < -0.4 is 5.73 Å². The van der Waals surface area contributed by atoms with Gasteiger partial charge in [-0.2, -0.15) is 0 Å². The molecule has 3 nitrogen and oxygen atoms in total. The maximum atomic E-state index is 6.34. The quantitative estimate of drug-likeness (QED) is 0.747. The van der Waals surface area contributed by atoms with Gasteiger partial charge in [0.1, 0.15) is 0 Å². The van der Waals surface area contributed by atoms with Gasteiger partial charge in [0.2, 0.25) is 0 Å². The maximum Gasteiger partial charge on any atom is 0.0990 e. The van der Waals surface area contributed by atoms with Crippen LogP contribution in [-0.4, -0.2) is 43.2 Å². The van der Waals surface area contributed by atoms with Gasteiger partial charge in [0.15, 0.2) is 0 Å². The second kappa shape index (κ2) is 6.51. The van der Waals surface area contributed by atoms with Crippen molar-refractivity contribution in [2.45, 2.75) is 82.7 Å². The summed E-state index contributed by atoms with van der Waals surface area (Å²) in [5.41, 5.74) is 5.87. The molecular weight excluding hydrogens is 245 g/mol. The molecule has 1 aliphatic carbocycles. The number of nitrogens with two attached hydrogens (primary N) is 1. The Bertz CT molecular complexity index is 352. The monoisotopic (exact) mass is 275 g/mol. The molecule has 3 unspecified atom stereocenters. The minimum Gasteiger partial charge on any atom is -0.355 e. The summed E-state index contributed by atoms with van der Waals surface area (Å²) in [6.07, 6.45) is 9.16. The molecule has 20 heavy (non-hydrogen) atoms. The summed E-state index contributed by atoms with van der Waals surface area (Å²) in [6.45, 7) is 4.55. The van der Waals surface area contributed by atoms with Gasteiger partial charge < -0.3 is 10.6 Å². The third-order valence-corrected chi connectivity index (χ3v) is 5.04. The van der Waals surface area contributed by atoms with Crippen molar-refractivity contribution >= 4 is 13.7 Å². The highest BCUT2D eigenvalue weighted by atomic mass is 15.2. The molecule has 112 valence electrons. The van der Waals surface area contributed by atoms with Crippen LogP contribution in [0.15, 0.2) is 4.99 Å².